The van der Waals surface area contributed by atoms with Gasteiger partial charge in [0.2, 0.25) is 5.91 Å². The van der Waals surface area contributed by atoms with Crippen molar-refractivity contribution in [2.45, 2.75) is 64.0 Å². The number of rotatable bonds is 10. The summed E-state index contributed by atoms with van der Waals surface area (Å²) < 4.78 is 19.5. The molecular formula is C20H29ClFNO3S. The molecule has 0 bridgehead atoms. The van der Waals surface area contributed by atoms with E-state index in [1.807, 2.05) is 34.6 Å². The molecule has 0 spiro atoms. The van der Waals surface area contributed by atoms with Gasteiger partial charge in [-0.2, -0.15) is 0 Å². The van der Waals surface area contributed by atoms with Crippen molar-refractivity contribution in [3.05, 3.63) is 23.0 Å². The van der Waals surface area contributed by atoms with E-state index in [1.165, 1.54) is 17.8 Å². The van der Waals surface area contributed by atoms with Gasteiger partial charge in [0, 0.05) is 11.3 Å². The summed E-state index contributed by atoms with van der Waals surface area (Å²) in [6, 6.07) is 2.64. The molecule has 1 N–H and O–H groups in total. The molecule has 0 fully saturated rings. The van der Waals surface area contributed by atoms with Crippen LogP contribution in [0.2, 0.25) is 5.02 Å². The molecule has 0 saturated carbocycles. The molecule has 2 atom stereocenters. The zero-order chi connectivity index (χ0) is 20.6. The minimum absolute atomic E-state index is 0.0700. The molecule has 0 heterocycles. The van der Waals surface area contributed by atoms with Crippen LogP contribution in [-0.2, 0) is 14.3 Å². The van der Waals surface area contributed by atoms with E-state index in [4.69, 9.17) is 16.3 Å². The third-order valence-electron chi connectivity index (χ3n) is 3.99. The summed E-state index contributed by atoms with van der Waals surface area (Å²) in [5.41, 5.74) is 0.0700. The Hall–Kier alpha value is -1.27. The molecule has 1 aromatic carbocycles. The molecule has 0 aliphatic heterocycles. The number of thioether (sulfide) groups is 1. The lowest BCUT2D eigenvalue weighted by atomic mass is 10.1. The second-order valence-corrected chi connectivity index (χ2v) is 8.72. The smallest absolute Gasteiger partial charge is 0.319 e. The van der Waals surface area contributed by atoms with Gasteiger partial charge in [0.15, 0.2) is 0 Å². The van der Waals surface area contributed by atoms with Gasteiger partial charge in [0.1, 0.15) is 11.1 Å². The maximum Gasteiger partial charge on any atom is 0.319 e. The van der Waals surface area contributed by atoms with Crippen LogP contribution in [0.1, 0.15) is 53.9 Å². The van der Waals surface area contributed by atoms with E-state index in [0.717, 1.165) is 12.5 Å². The molecule has 2 unspecified atom stereocenters. The van der Waals surface area contributed by atoms with Crippen LogP contribution in [0.25, 0.3) is 0 Å². The average Bonchev–Trinajstić information content (AvgIpc) is 2.60. The Kier molecular flexibility index (Phi) is 10.2. The molecule has 0 aromatic heterocycles. The Balaban J connectivity index is 2.91. The lowest BCUT2D eigenvalue weighted by Crippen LogP contribution is -2.21. The Bertz CT molecular complexity index is 654. The van der Waals surface area contributed by atoms with Crippen molar-refractivity contribution in [1.82, 2.24) is 0 Å². The number of carbonyl (C=O) groups excluding carboxylic acids is 2. The lowest BCUT2D eigenvalue weighted by Gasteiger charge is -2.17. The quantitative estimate of drug-likeness (QED) is 0.379. The first-order valence-corrected chi connectivity index (χ1v) is 10.6. The highest BCUT2D eigenvalue weighted by molar-refractivity contribution is 8.00. The van der Waals surface area contributed by atoms with Crippen molar-refractivity contribution >= 4 is 40.9 Å². The highest BCUT2D eigenvalue weighted by Crippen LogP contribution is 2.36. The van der Waals surface area contributed by atoms with E-state index in [-0.39, 0.29) is 34.4 Å². The van der Waals surface area contributed by atoms with Crippen molar-refractivity contribution in [3.8, 4) is 0 Å². The van der Waals surface area contributed by atoms with Crippen LogP contribution in [0.5, 0.6) is 0 Å². The summed E-state index contributed by atoms with van der Waals surface area (Å²) in [6.45, 7) is 10.1. The van der Waals surface area contributed by atoms with Gasteiger partial charge in [-0.1, -0.05) is 52.6 Å². The molecule has 1 aromatic rings. The van der Waals surface area contributed by atoms with E-state index < -0.39 is 11.1 Å². The van der Waals surface area contributed by atoms with Crippen LogP contribution < -0.4 is 5.32 Å². The molecule has 0 saturated heterocycles. The van der Waals surface area contributed by atoms with E-state index in [2.05, 4.69) is 5.32 Å². The Labute approximate surface area is 170 Å². The van der Waals surface area contributed by atoms with Crippen LogP contribution in [0.4, 0.5) is 10.1 Å². The van der Waals surface area contributed by atoms with Gasteiger partial charge < -0.3 is 10.1 Å². The van der Waals surface area contributed by atoms with Crippen molar-refractivity contribution in [3.63, 3.8) is 0 Å². The molecule has 152 valence electrons. The predicted octanol–water partition coefficient (Wildman–Crippen LogP) is 5.92. The minimum Gasteiger partial charge on any atom is -0.465 e. The van der Waals surface area contributed by atoms with Crippen molar-refractivity contribution < 1.29 is 18.7 Å². The largest absolute Gasteiger partial charge is 0.465 e. The highest BCUT2D eigenvalue weighted by atomic mass is 35.5. The molecule has 0 radical (unpaired) electrons. The molecule has 1 rings (SSSR count). The molecular weight excluding hydrogens is 389 g/mol. The number of nitrogens with one attached hydrogen (secondary N) is 1. The number of esters is 1. The first-order valence-electron chi connectivity index (χ1n) is 9.30. The van der Waals surface area contributed by atoms with E-state index in [9.17, 15) is 14.0 Å². The maximum absolute atomic E-state index is 14.2. The van der Waals surface area contributed by atoms with Crippen molar-refractivity contribution in [2.24, 2.45) is 11.8 Å². The topological polar surface area (TPSA) is 55.4 Å². The second kappa shape index (κ2) is 11.5. The second-order valence-electron chi connectivity index (χ2n) is 7.07. The fraction of sp³-hybridized carbons (Fsp3) is 0.600. The van der Waals surface area contributed by atoms with E-state index in [0.29, 0.717) is 24.3 Å². The Morgan fingerprint density at radius 3 is 2.44 bits per heavy atom. The predicted molar refractivity (Wildman–Crippen MR) is 110 cm³/mol. The Morgan fingerprint density at radius 2 is 1.89 bits per heavy atom. The van der Waals surface area contributed by atoms with Gasteiger partial charge in [-0.15, -0.1) is 11.8 Å². The molecule has 27 heavy (non-hydrogen) atoms. The number of carbonyl (C=O) groups is 2. The minimum atomic E-state index is -0.600. The zero-order valence-corrected chi connectivity index (χ0v) is 18.2. The number of amides is 1. The normalized spacial score (nSPS) is 13.3. The summed E-state index contributed by atoms with van der Waals surface area (Å²) >= 11 is 7.37. The number of anilines is 1. The number of benzene rings is 1. The number of halogens is 2. The van der Waals surface area contributed by atoms with Crippen LogP contribution in [0, 0.1) is 17.7 Å². The summed E-state index contributed by atoms with van der Waals surface area (Å²) in [5.74, 6) is -0.700. The zero-order valence-electron chi connectivity index (χ0n) is 16.6. The van der Waals surface area contributed by atoms with Crippen LogP contribution in [0.3, 0.4) is 0 Å². The van der Waals surface area contributed by atoms with Crippen LogP contribution >= 0.6 is 23.4 Å². The van der Waals surface area contributed by atoms with Gasteiger partial charge in [0.25, 0.3) is 0 Å². The summed E-state index contributed by atoms with van der Waals surface area (Å²) in [5, 5.41) is 2.35. The van der Waals surface area contributed by atoms with Gasteiger partial charge in [-0.3, -0.25) is 9.59 Å². The van der Waals surface area contributed by atoms with Gasteiger partial charge in [-0.05, 0) is 30.4 Å². The molecule has 1 amide bonds. The van der Waals surface area contributed by atoms with E-state index in [1.54, 1.807) is 0 Å². The first-order chi connectivity index (χ1) is 12.7. The lowest BCUT2D eigenvalue weighted by molar-refractivity contribution is -0.144. The highest BCUT2D eigenvalue weighted by Gasteiger charge is 2.22. The fourth-order valence-corrected chi connectivity index (χ4v) is 3.45. The number of ether oxygens (including phenoxy) is 1. The summed E-state index contributed by atoms with van der Waals surface area (Å²) in [6.07, 6.45) is 1.74. The van der Waals surface area contributed by atoms with Crippen molar-refractivity contribution in [2.75, 3.05) is 11.9 Å². The fourth-order valence-electron chi connectivity index (χ4n) is 2.17. The standard InChI is InChI=1S/C20H29ClFNO3S/c1-6-13(5)8-19(24)23-16-10-18(14(21)9-15(16)22)27-17(7-2)20(25)26-11-12(3)4/h9-10,12-13,17H,6-8,11H2,1-5H3,(H,23,24). The maximum atomic E-state index is 14.2. The summed E-state index contributed by atoms with van der Waals surface area (Å²) in [7, 11) is 0. The molecule has 0 aliphatic rings. The van der Waals surface area contributed by atoms with Gasteiger partial charge in [-0.25, -0.2) is 4.39 Å². The first kappa shape index (κ1) is 23.8. The third kappa shape index (κ3) is 8.09. The third-order valence-corrected chi connectivity index (χ3v) is 5.82. The van der Waals surface area contributed by atoms with Gasteiger partial charge >= 0.3 is 5.97 Å². The summed E-state index contributed by atoms with van der Waals surface area (Å²) in [4.78, 5) is 24.9. The van der Waals surface area contributed by atoms with Crippen molar-refractivity contribution in [1.29, 1.82) is 0 Å². The Morgan fingerprint density at radius 1 is 1.22 bits per heavy atom. The van der Waals surface area contributed by atoms with E-state index >= 15 is 0 Å². The molecule has 4 nitrogen and oxygen atoms in total. The van der Waals surface area contributed by atoms with Crippen LogP contribution in [0.15, 0.2) is 17.0 Å². The van der Waals surface area contributed by atoms with Gasteiger partial charge in [0.05, 0.1) is 17.3 Å². The molecule has 0 aliphatic carbocycles. The monoisotopic (exact) mass is 417 g/mol. The number of hydrogen-bond donors (Lipinski definition) is 1. The number of hydrogen-bond acceptors (Lipinski definition) is 4. The molecule has 7 heteroatoms. The SMILES string of the molecule is CCC(C)CC(=O)Nc1cc(SC(CC)C(=O)OCC(C)C)c(Cl)cc1F. The average molecular weight is 418 g/mol. The van der Waals surface area contributed by atoms with Crippen LogP contribution in [-0.4, -0.2) is 23.7 Å².